The summed E-state index contributed by atoms with van der Waals surface area (Å²) in [5.74, 6) is 0.834. The Morgan fingerprint density at radius 2 is 2.41 bits per heavy atom. The van der Waals surface area contributed by atoms with Crippen LogP contribution in [0.1, 0.15) is 18.3 Å². The highest BCUT2D eigenvalue weighted by Gasteiger charge is 2.22. The lowest BCUT2D eigenvalue weighted by Gasteiger charge is -2.13. The van der Waals surface area contributed by atoms with E-state index in [1.165, 1.54) is 12.1 Å². The smallest absolute Gasteiger partial charge is 0.125 e. The van der Waals surface area contributed by atoms with Crippen molar-refractivity contribution in [3.63, 3.8) is 0 Å². The second-order valence-corrected chi connectivity index (χ2v) is 4.45. The van der Waals surface area contributed by atoms with Crippen molar-refractivity contribution in [1.29, 1.82) is 0 Å². The number of fused-ring (bicyclic) bond motifs is 1. The Labute approximate surface area is 103 Å². The lowest BCUT2D eigenvalue weighted by atomic mass is 10.2. The van der Waals surface area contributed by atoms with E-state index >= 15 is 0 Å². The predicted octanol–water partition coefficient (Wildman–Crippen LogP) is 2.88. The first-order chi connectivity index (χ1) is 8.29. The van der Waals surface area contributed by atoms with Gasteiger partial charge in [-0.05, 0) is 18.6 Å². The number of benzene rings is 1. The highest BCUT2D eigenvalue weighted by molar-refractivity contribution is 6.16. The van der Waals surface area contributed by atoms with Crippen LogP contribution in [0.3, 0.4) is 0 Å². The molecule has 0 spiro atoms. The first kappa shape index (κ1) is 11.0. The number of ether oxygens (including phenoxy) is 1. The third kappa shape index (κ3) is 1.81. The van der Waals surface area contributed by atoms with Crippen molar-refractivity contribution >= 4 is 22.6 Å². The highest BCUT2D eigenvalue weighted by Crippen LogP contribution is 2.27. The average molecular weight is 255 g/mol. The molecule has 1 aromatic carbocycles. The van der Waals surface area contributed by atoms with Gasteiger partial charge in [-0.25, -0.2) is 9.37 Å². The van der Waals surface area contributed by atoms with Crippen LogP contribution in [0.5, 0.6) is 0 Å². The zero-order valence-electron chi connectivity index (χ0n) is 9.20. The molecular formula is C12H12ClFN2O. The van der Waals surface area contributed by atoms with E-state index in [0.717, 1.165) is 24.4 Å². The second kappa shape index (κ2) is 4.27. The van der Waals surface area contributed by atoms with Crippen LogP contribution < -0.4 is 0 Å². The van der Waals surface area contributed by atoms with Crippen molar-refractivity contribution in [3.8, 4) is 0 Å². The summed E-state index contributed by atoms with van der Waals surface area (Å²) in [5.41, 5.74) is 1.59. The monoisotopic (exact) mass is 254 g/mol. The molecule has 0 bridgehead atoms. The van der Waals surface area contributed by atoms with Crippen molar-refractivity contribution < 1.29 is 9.13 Å². The number of hydrogen-bond donors (Lipinski definition) is 0. The third-order valence-electron chi connectivity index (χ3n) is 3.11. The fourth-order valence-corrected chi connectivity index (χ4v) is 2.54. The van der Waals surface area contributed by atoms with Gasteiger partial charge in [0.05, 0.1) is 29.6 Å². The third-order valence-corrected chi connectivity index (χ3v) is 3.35. The summed E-state index contributed by atoms with van der Waals surface area (Å²) in [4.78, 5) is 4.37. The van der Waals surface area contributed by atoms with Crippen molar-refractivity contribution in [3.05, 3.63) is 29.8 Å². The Kier molecular flexibility index (Phi) is 2.76. The van der Waals surface area contributed by atoms with Gasteiger partial charge in [0.1, 0.15) is 11.6 Å². The van der Waals surface area contributed by atoms with E-state index < -0.39 is 0 Å². The molecule has 0 radical (unpaired) electrons. The van der Waals surface area contributed by atoms with Crippen LogP contribution in [0.4, 0.5) is 4.39 Å². The summed E-state index contributed by atoms with van der Waals surface area (Å²) in [6.07, 6.45) is 0.951. The van der Waals surface area contributed by atoms with Crippen molar-refractivity contribution in [2.75, 3.05) is 13.2 Å². The molecule has 1 aliphatic heterocycles. The van der Waals surface area contributed by atoms with Gasteiger partial charge in [-0.15, -0.1) is 11.6 Å². The topological polar surface area (TPSA) is 27.1 Å². The summed E-state index contributed by atoms with van der Waals surface area (Å²) in [6, 6.07) is 4.91. The maximum atomic E-state index is 13.2. The molecule has 3 rings (SSSR count). The van der Waals surface area contributed by atoms with Gasteiger partial charge in [-0.2, -0.15) is 0 Å². The standard InChI is InChI=1S/C12H12ClFN2O/c13-6-12-15-10-5-8(14)1-2-11(10)16(12)9-3-4-17-7-9/h1-2,5,9H,3-4,6-7H2. The molecule has 0 amide bonds. The minimum Gasteiger partial charge on any atom is -0.379 e. The van der Waals surface area contributed by atoms with Gasteiger partial charge >= 0.3 is 0 Å². The zero-order valence-corrected chi connectivity index (χ0v) is 9.95. The molecule has 17 heavy (non-hydrogen) atoms. The summed E-state index contributed by atoms with van der Waals surface area (Å²) >= 11 is 5.90. The quantitative estimate of drug-likeness (QED) is 0.771. The van der Waals surface area contributed by atoms with E-state index in [9.17, 15) is 4.39 Å². The Bertz CT molecular complexity index is 549. The maximum Gasteiger partial charge on any atom is 0.125 e. The van der Waals surface area contributed by atoms with Gasteiger partial charge in [-0.3, -0.25) is 0 Å². The number of halogens is 2. The predicted molar refractivity (Wildman–Crippen MR) is 63.7 cm³/mol. The molecule has 1 unspecified atom stereocenters. The Hall–Kier alpha value is -1.13. The van der Waals surface area contributed by atoms with Gasteiger partial charge in [0, 0.05) is 12.7 Å². The van der Waals surface area contributed by atoms with Crippen molar-refractivity contribution in [2.45, 2.75) is 18.3 Å². The number of alkyl halides is 1. The number of hydrogen-bond acceptors (Lipinski definition) is 2. The van der Waals surface area contributed by atoms with Crippen molar-refractivity contribution in [2.24, 2.45) is 0 Å². The Morgan fingerprint density at radius 1 is 1.53 bits per heavy atom. The number of imidazole rings is 1. The van der Waals surface area contributed by atoms with E-state index in [-0.39, 0.29) is 11.9 Å². The summed E-state index contributed by atoms with van der Waals surface area (Å²) in [6.45, 7) is 1.43. The van der Waals surface area contributed by atoms with E-state index in [0.29, 0.717) is 18.0 Å². The normalized spacial score (nSPS) is 20.2. The summed E-state index contributed by atoms with van der Waals surface area (Å²) < 4.78 is 20.6. The van der Waals surface area contributed by atoms with E-state index in [4.69, 9.17) is 16.3 Å². The van der Waals surface area contributed by atoms with Crippen LogP contribution in [0.25, 0.3) is 11.0 Å². The van der Waals surface area contributed by atoms with Crippen LogP contribution in [0, 0.1) is 5.82 Å². The van der Waals surface area contributed by atoms with Crippen LogP contribution >= 0.6 is 11.6 Å². The van der Waals surface area contributed by atoms with Crippen LogP contribution in [-0.2, 0) is 10.6 Å². The van der Waals surface area contributed by atoms with Crippen LogP contribution in [0.15, 0.2) is 18.2 Å². The van der Waals surface area contributed by atoms with Gasteiger partial charge in [0.25, 0.3) is 0 Å². The van der Waals surface area contributed by atoms with E-state index in [1.807, 2.05) is 0 Å². The second-order valence-electron chi connectivity index (χ2n) is 4.18. The van der Waals surface area contributed by atoms with Gasteiger partial charge in [-0.1, -0.05) is 0 Å². The highest BCUT2D eigenvalue weighted by atomic mass is 35.5. The lowest BCUT2D eigenvalue weighted by molar-refractivity contribution is 0.187. The average Bonchev–Trinajstić information content (AvgIpc) is 2.93. The molecule has 0 saturated carbocycles. The minimum absolute atomic E-state index is 0.263. The first-order valence-electron chi connectivity index (χ1n) is 5.59. The first-order valence-corrected chi connectivity index (χ1v) is 6.13. The van der Waals surface area contributed by atoms with Gasteiger partial charge in [0.2, 0.25) is 0 Å². The maximum absolute atomic E-state index is 13.2. The molecule has 5 heteroatoms. The van der Waals surface area contributed by atoms with E-state index in [2.05, 4.69) is 9.55 Å². The largest absolute Gasteiger partial charge is 0.379 e. The molecule has 1 atom stereocenters. The number of aromatic nitrogens is 2. The van der Waals surface area contributed by atoms with Gasteiger partial charge < -0.3 is 9.30 Å². The molecule has 1 aromatic heterocycles. The molecule has 1 saturated heterocycles. The molecule has 3 nitrogen and oxygen atoms in total. The molecule has 1 fully saturated rings. The molecule has 0 aliphatic carbocycles. The number of nitrogens with zero attached hydrogens (tertiary/aromatic N) is 2. The Balaban J connectivity index is 2.19. The van der Waals surface area contributed by atoms with Gasteiger partial charge in [0.15, 0.2) is 0 Å². The molecule has 1 aliphatic rings. The van der Waals surface area contributed by atoms with E-state index in [1.54, 1.807) is 6.07 Å². The Morgan fingerprint density at radius 3 is 3.12 bits per heavy atom. The molecule has 0 N–H and O–H groups in total. The lowest BCUT2D eigenvalue weighted by Crippen LogP contribution is -2.11. The molecule has 90 valence electrons. The van der Waals surface area contributed by atoms with Crippen molar-refractivity contribution in [1.82, 2.24) is 9.55 Å². The SMILES string of the molecule is Fc1ccc2c(c1)nc(CCl)n2C1CCOC1. The minimum atomic E-state index is -0.272. The molecular weight excluding hydrogens is 243 g/mol. The fourth-order valence-electron chi connectivity index (χ4n) is 2.35. The molecule has 2 heterocycles. The van der Waals surface area contributed by atoms with Crippen LogP contribution in [-0.4, -0.2) is 22.8 Å². The summed E-state index contributed by atoms with van der Waals surface area (Å²) in [5, 5.41) is 0. The molecule has 2 aromatic rings. The number of rotatable bonds is 2. The fraction of sp³-hybridized carbons (Fsp3) is 0.417. The van der Waals surface area contributed by atoms with Crippen LogP contribution in [0.2, 0.25) is 0 Å². The zero-order chi connectivity index (χ0) is 11.8. The summed E-state index contributed by atoms with van der Waals surface area (Å²) in [7, 11) is 0.